The number of carbonyl (C=O) groups is 1. The number of nitrogens with two attached hydrogens (primary N) is 1. The number of rotatable bonds is 3. The van der Waals surface area contributed by atoms with Crippen molar-refractivity contribution < 1.29 is 9.18 Å². The van der Waals surface area contributed by atoms with E-state index in [0.717, 1.165) is 12.8 Å². The second-order valence-electron chi connectivity index (χ2n) is 6.36. The number of benzene rings is 1. The van der Waals surface area contributed by atoms with Crippen LogP contribution >= 0.6 is 0 Å². The molecule has 21 heavy (non-hydrogen) atoms. The Balaban J connectivity index is 1.80. The van der Waals surface area contributed by atoms with Gasteiger partial charge in [0.05, 0.1) is 0 Å². The van der Waals surface area contributed by atoms with Crippen LogP contribution in [0.3, 0.4) is 0 Å². The third-order valence-corrected chi connectivity index (χ3v) is 5.09. The zero-order valence-corrected chi connectivity index (χ0v) is 12.5. The molecular weight excluding hydrogens is 269 g/mol. The molecule has 0 radical (unpaired) electrons. The highest BCUT2D eigenvalue weighted by atomic mass is 19.1. The molecule has 0 spiro atoms. The summed E-state index contributed by atoms with van der Waals surface area (Å²) in [5.41, 5.74) is 6.73. The summed E-state index contributed by atoms with van der Waals surface area (Å²) in [6.45, 7) is 1.73. The minimum absolute atomic E-state index is 0.219. The average molecular weight is 291 g/mol. The van der Waals surface area contributed by atoms with E-state index in [1.165, 1.54) is 18.9 Å². The van der Waals surface area contributed by atoms with Crippen molar-refractivity contribution in [2.24, 2.45) is 5.73 Å². The van der Waals surface area contributed by atoms with Gasteiger partial charge < -0.3 is 16.0 Å². The molecule has 0 aliphatic carbocycles. The van der Waals surface area contributed by atoms with E-state index in [-0.39, 0.29) is 11.4 Å². The third kappa shape index (κ3) is 2.62. The van der Waals surface area contributed by atoms with Crippen molar-refractivity contribution in [3.05, 3.63) is 29.1 Å². The van der Waals surface area contributed by atoms with Crippen molar-refractivity contribution in [2.75, 3.05) is 12.4 Å². The monoisotopic (exact) mass is 291 g/mol. The van der Waals surface area contributed by atoms with E-state index < -0.39 is 5.91 Å². The van der Waals surface area contributed by atoms with Gasteiger partial charge in [-0.1, -0.05) is 0 Å². The number of nitrogens with zero attached hydrogens (tertiary/aromatic N) is 1. The Morgan fingerprint density at radius 2 is 1.95 bits per heavy atom. The fourth-order valence-corrected chi connectivity index (χ4v) is 3.72. The second-order valence-corrected chi connectivity index (χ2v) is 6.36. The Morgan fingerprint density at radius 3 is 2.52 bits per heavy atom. The van der Waals surface area contributed by atoms with Gasteiger partial charge in [-0.3, -0.25) is 4.79 Å². The van der Waals surface area contributed by atoms with E-state index >= 15 is 0 Å². The lowest BCUT2D eigenvalue weighted by Crippen LogP contribution is -2.44. The van der Waals surface area contributed by atoms with Crippen LogP contribution in [0.25, 0.3) is 0 Å². The standard InChI is InChI=1S/C16H22FN3O/c1-9-14(17)5-10(16(18)21)6-15(9)19-11-7-12-3-4-13(8-11)20(12)2/h5-6,11-13,19H,3-4,7-8H2,1-2H3,(H2,18,21). The number of fused-ring (bicyclic) bond motifs is 2. The summed E-state index contributed by atoms with van der Waals surface area (Å²) in [6, 6.07) is 4.44. The number of hydrogen-bond donors (Lipinski definition) is 2. The van der Waals surface area contributed by atoms with Crippen molar-refractivity contribution in [1.29, 1.82) is 0 Å². The lowest BCUT2D eigenvalue weighted by atomic mass is 9.97. The number of halogens is 1. The van der Waals surface area contributed by atoms with Crippen LogP contribution in [0.4, 0.5) is 10.1 Å². The number of amides is 1. The minimum atomic E-state index is -0.597. The number of hydrogen-bond acceptors (Lipinski definition) is 3. The fraction of sp³-hybridized carbons (Fsp3) is 0.562. The highest BCUT2D eigenvalue weighted by molar-refractivity contribution is 5.94. The zero-order valence-electron chi connectivity index (χ0n) is 12.5. The maximum absolute atomic E-state index is 13.9. The van der Waals surface area contributed by atoms with Crippen LogP contribution in [0, 0.1) is 12.7 Å². The van der Waals surface area contributed by atoms with Crippen molar-refractivity contribution in [1.82, 2.24) is 4.90 Å². The van der Waals surface area contributed by atoms with Crippen molar-refractivity contribution in [3.8, 4) is 0 Å². The van der Waals surface area contributed by atoms with Gasteiger partial charge in [0.2, 0.25) is 5.91 Å². The smallest absolute Gasteiger partial charge is 0.248 e. The summed E-state index contributed by atoms with van der Waals surface area (Å²) in [4.78, 5) is 13.8. The summed E-state index contributed by atoms with van der Waals surface area (Å²) < 4.78 is 13.9. The molecule has 2 atom stereocenters. The lowest BCUT2D eigenvalue weighted by molar-refractivity contribution is 0.1000. The molecule has 5 heteroatoms. The molecule has 2 aliphatic rings. The molecule has 114 valence electrons. The van der Waals surface area contributed by atoms with Crippen LogP contribution in [0.15, 0.2) is 12.1 Å². The van der Waals surface area contributed by atoms with Crippen molar-refractivity contribution in [3.63, 3.8) is 0 Å². The molecule has 1 aromatic carbocycles. The van der Waals surface area contributed by atoms with E-state index in [1.807, 2.05) is 0 Å². The Kier molecular flexibility index (Phi) is 3.61. The first kappa shape index (κ1) is 14.3. The van der Waals surface area contributed by atoms with Gasteiger partial charge in [-0.25, -0.2) is 4.39 Å². The van der Waals surface area contributed by atoms with Gasteiger partial charge in [-0.05, 0) is 51.8 Å². The molecule has 2 aliphatic heterocycles. The highest BCUT2D eigenvalue weighted by Gasteiger charge is 2.38. The predicted molar refractivity (Wildman–Crippen MR) is 80.9 cm³/mol. The van der Waals surface area contributed by atoms with E-state index in [0.29, 0.717) is 29.4 Å². The summed E-state index contributed by atoms with van der Waals surface area (Å²) in [6.07, 6.45) is 4.62. The Hall–Kier alpha value is -1.62. The molecule has 2 heterocycles. The van der Waals surface area contributed by atoms with E-state index in [4.69, 9.17) is 5.73 Å². The van der Waals surface area contributed by atoms with Crippen LogP contribution in [0.2, 0.25) is 0 Å². The van der Waals surface area contributed by atoms with Crippen molar-refractivity contribution >= 4 is 11.6 Å². The van der Waals surface area contributed by atoms with Gasteiger partial charge in [0.15, 0.2) is 0 Å². The van der Waals surface area contributed by atoms with Crippen molar-refractivity contribution in [2.45, 2.75) is 50.7 Å². The first-order valence-corrected chi connectivity index (χ1v) is 7.54. The molecule has 2 fully saturated rings. The number of carbonyl (C=O) groups excluding carboxylic acids is 1. The zero-order chi connectivity index (χ0) is 15.1. The molecule has 1 amide bonds. The molecule has 3 N–H and O–H groups in total. The molecule has 2 bridgehead atoms. The molecule has 1 aromatic rings. The quantitative estimate of drug-likeness (QED) is 0.898. The van der Waals surface area contributed by atoms with Gasteiger partial charge >= 0.3 is 0 Å². The van der Waals surface area contributed by atoms with E-state index in [1.54, 1.807) is 13.0 Å². The molecule has 0 saturated carbocycles. The maximum Gasteiger partial charge on any atom is 0.248 e. The third-order valence-electron chi connectivity index (χ3n) is 5.09. The van der Waals surface area contributed by atoms with Gasteiger partial charge in [-0.15, -0.1) is 0 Å². The van der Waals surface area contributed by atoms with E-state index in [9.17, 15) is 9.18 Å². The summed E-state index contributed by atoms with van der Waals surface area (Å²) in [5, 5.41) is 3.43. The lowest BCUT2D eigenvalue weighted by Gasteiger charge is -2.37. The number of nitrogens with one attached hydrogen (secondary N) is 1. The number of anilines is 1. The molecule has 4 nitrogen and oxygen atoms in total. The average Bonchev–Trinajstić information content (AvgIpc) is 2.65. The fourth-order valence-electron chi connectivity index (χ4n) is 3.72. The minimum Gasteiger partial charge on any atom is -0.382 e. The van der Waals surface area contributed by atoms with Crippen LogP contribution in [0.1, 0.15) is 41.6 Å². The number of primary amides is 1. The highest BCUT2D eigenvalue weighted by Crippen LogP contribution is 2.36. The first-order chi connectivity index (χ1) is 9.95. The predicted octanol–water partition coefficient (Wildman–Crippen LogP) is 2.27. The van der Waals surface area contributed by atoms with E-state index in [2.05, 4.69) is 17.3 Å². The maximum atomic E-state index is 13.9. The summed E-state index contributed by atoms with van der Waals surface area (Å²) in [7, 11) is 2.19. The first-order valence-electron chi connectivity index (χ1n) is 7.54. The van der Waals surface area contributed by atoms with Crippen LogP contribution in [-0.4, -0.2) is 36.0 Å². The van der Waals surface area contributed by atoms with Crippen LogP contribution in [0.5, 0.6) is 0 Å². The second kappa shape index (κ2) is 5.30. The van der Waals surface area contributed by atoms with Crippen LogP contribution < -0.4 is 11.1 Å². The Labute approximate surface area is 124 Å². The summed E-state index contributed by atoms with van der Waals surface area (Å²) >= 11 is 0. The van der Waals surface area contributed by atoms with Gasteiger partial charge in [0.1, 0.15) is 5.82 Å². The molecule has 2 unspecified atom stereocenters. The SMILES string of the molecule is Cc1c(F)cc(C(N)=O)cc1NC1CC2CCC(C1)N2C. The van der Waals surface area contributed by atoms with Gasteiger partial charge in [0, 0.05) is 34.9 Å². The largest absolute Gasteiger partial charge is 0.382 e. The van der Waals surface area contributed by atoms with Gasteiger partial charge in [0.25, 0.3) is 0 Å². The van der Waals surface area contributed by atoms with Gasteiger partial charge in [-0.2, -0.15) is 0 Å². The summed E-state index contributed by atoms with van der Waals surface area (Å²) in [5.74, 6) is -0.981. The number of piperidine rings is 1. The Bertz CT molecular complexity index is 561. The molecule has 3 rings (SSSR count). The van der Waals surface area contributed by atoms with Crippen LogP contribution in [-0.2, 0) is 0 Å². The normalized spacial score (nSPS) is 28.6. The topological polar surface area (TPSA) is 58.4 Å². The molecular formula is C16H22FN3O. The molecule has 0 aromatic heterocycles. The Morgan fingerprint density at radius 1 is 1.33 bits per heavy atom. The molecule has 2 saturated heterocycles.